The molecule has 0 saturated heterocycles. The first-order valence-electron chi connectivity index (χ1n) is 9.95. The summed E-state index contributed by atoms with van der Waals surface area (Å²) in [7, 11) is 1.95. The summed E-state index contributed by atoms with van der Waals surface area (Å²) in [5.41, 5.74) is 0.681. The third-order valence-electron chi connectivity index (χ3n) is 5.71. The summed E-state index contributed by atoms with van der Waals surface area (Å²) in [5.74, 6) is 1.69. The molecule has 1 N–H and O–H groups in total. The number of nitrogens with zero attached hydrogens (tertiary/aromatic N) is 1. The molecule has 1 aliphatic carbocycles. The molecule has 0 bridgehead atoms. The van der Waals surface area contributed by atoms with Gasteiger partial charge >= 0.3 is 0 Å². The summed E-state index contributed by atoms with van der Waals surface area (Å²) < 4.78 is 5.89. The van der Waals surface area contributed by atoms with E-state index in [4.69, 9.17) is 4.74 Å². The molecule has 1 aromatic heterocycles. The highest BCUT2D eigenvalue weighted by molar-refractivity contribution is 5.79. The Labute approximate surface area is 160 Å². The van der Waals surface area contributed by atoms with E-state index in [9.17, 15) is 9.59 Å². The molecule has 1 aromatic carbocycles. The van der Waals surface area contributed by atoms with Crippen LogP contribution in [0.4, 0.5) is 0 Å². The fourth-order valence-electron chi connectivity index (χ4n) is 4.02. The quantitative estimate of drug-likeness (QED) is 0.837. The Morgan fingerprint density at radius 1 is 1.26 bits per heavy atom. The van der Waals surface area contributed by atoms with Gasteiger partial charge in [-0.1, -0.05) is 26.7 Å². The van der Waals surface area contributed by atoms with Crippen molar-refractivity contribution in [2.75, 3.05) is 13.7 Å². The number of hydrogen-bond donors (Lipinski definition) is 1. The Hall–Kier alpha value is -2.30. The van der Waals surface area contributed by atoms with Gasteiger partial charge in [-0.25, -0.2) is 0 Å². The molecule has 0 spiro atoms. The Balaban J connectivity index is 1.53. The van der Waals surface area contributed by atoms with Crippen molar-refractivity contribution < 1.29 is 9.53 Å². The number of rotatable bonds is 6. The number of amides is 1. The van der Waals surface area contributed by atoms with E-state index in [1.165, 1.54) is 25.3 Å². The minimum Gasteiger partial charge on any atom is -0.493 e. The highest BCUT2D eigenvalue weighted by atomic mass is 16.5. The molecule has 3 atom stereocenters. The van der Waals surface area contributed by atoms with Crippen LogP contribution < -0.4 is 10.3 Å². The highest BCUT2D eigenvalue weighted by Crippen LogP contribution is 2.28. The number of aromatic nitrogens is 1. The number of carbonyl (C=O) groups excluding carboxylic acids is 1. The third-order valence-corrected chi connectivity index (χ3v) is 5.71. The van der Waals surface area contributed by atoms with Crippen LogP contribution in [0.25, 0.3) is 10.9 Å². The van der Waals surface area contributed by atoms with Gasteiger partial charge in [-0.05, 0) is 48.9 Å². The van der Waals surface area contributed by atoms with Crippen LogP contribution in [0.3, 0.4) is 0 Å². The molecule has 1 saturated carbocycles. The van der Waals surface area contributed by atoms with Gasteiger partial charge in [0.05, 0.1) is 6.61 Å². The number of benzene rings is 1. The summed E-state index contributed by atoms with van der Waals surface area (Å²) in [6, 6.07) is 9.28. The van der Waals surface area contributed by atoms with E-state index in [1.54, 1.807) is 6.07 Å². The second kappa shape index (κ2) is 8.59. The minimum absolute atomic E-state index is 0.111. The number of hydrogen-bond acceptors (Lipinski definition) is 3. The van der Waals surface area contributed by atoms with Gasteiger partial charge in [-0.2, -0.15) is 0 Å². The number of carbonyl (C=O) groups is 1. The van der Waals surface area contributed by atoms with Crippen molar-refractivity contribution in [3.63, 3.8) is 0 Å². The molecule has 0 radical (unpaired) electrons. The fraction of sp³-hybridized carbons (Fsp3) is 0.545. The molecule has 1 fully saturated rings. The van der Waals surface area contributed by atoms with Gasteiger partial charge in [0.2, 0.25) is 11.5 Å². The van der Waals surface area contributed by atoms with Crippen LogP contribution in [0.5, 0.6) is 5.75 Å². The standard InChI is InChI=1S/C22H30N2O3/c1-15(12-22(26)24(3)20-7-5-4-6-16(20)2)14-27-18-9-10-19-17(13-18)8-11-21(25)23-19/h8-11,13,15-16,20H,4-7,12,14H2,1-3H3,(H,23,25). The first kappa shape index (κ1) is 19.5. The lowest BCUT2D eigenvalue weighted by atomic mass is 9.85. The first-order valence-corrected chi connectivity index (χ1v) is 9.95. The summed E-state index contributed by atoms with van der Waals surface area (Å²) in [6.45, 7) is 4.80. The molecule has 5 heteroatoms. The monoisotopic (exact) mass is 370 g/mol. The van der Waals surface area contributed by atoms with E-state index in [2.05, 4.69) is 18.8 Å². The van der Waals surface area contributed by atoms with Gasteiger partial charge in [0.25, 0.3) is 0 Å². The molecule has 146 valence electrons. The van der Waals surface area contributed by atoms with Crippen LogP contribution in [0.2, 0.25) is 0 Å². The second-order valence-electron chi connectivity index (χ2n) is 8.03. The van der Waals surface area contributed by atoms with E-state index in [0.717, 1.165) is 23.1 Å². The number of fused-ring (bicyclic) bond motifs is 1. The number of nitrogens with one attached hydrogen (secondary N) is 1. The van der Waals surface area contributed by atoms with Gasteiger partial charge in [-0.15, -0.1) is 0 Å². The average molecular weight is 370 g/mol. The van der Waals surface area contributed by atoms with E-state index in [-0.39, 0.29) is 17.4 Å². The summed E-state index contributed by atoms with van der Waals surface area (Å²) >= 11 is 0. The summed E-state index contributed by atoms with van der Waals surface area (Å²) in [4.78, 5) is 28.8. The van der Waals surface area contributed by atoms with Crippen LogP contribution >= 0.6 is 0 Å². The maximum Gasteiger partial charge on any atom is 0.248 e. The predicted molar refractivity (Wildman–Crippen MR) is 108 cm³/mol. The molecular formula is C22H30N2O3. The van der Waals surface area contributed by atoms with Crippen LogP contribution in [0.1, 0.15) is 46.0 Å². The van der Waals surface area contributed by atoms with Gasteiger partial charge in [0.15, 0.2) is 0 Å². The van der Waals surface area contributed by atoms with E-state index >= 15 is 0 Å². The number of pyridine rings is 1. The van der Waals surface area contributed by atoms with Crippen molar-refractivity contribution in [1.29, 1.82) is 0 Å². The second-order valence-corrected chi connectivity index (χ2v) is 8.03. The maximum atomic E-state index is 12.7. The smallest absolute Gasteiger partial charge is 0.248 e. The van der Waals surface area contributed by atoms with Crippen molar-refractivity contribution in [2.45, 2.75) is 52.0 Å². The Kier molecular flexibility index (Phi) is 6.19. The van der Waals surface area contributed by atoms with Gasteiger partial charge in [0.1, 0.15) is 5.75 Å². The number of ether oxygens (including phenoxy) is 1. The van der Waals surface area contributed by atoms with Crippen molar-refractivity contribution >= 4 is 16.8 Å². The molecule has 1 amide bonds. The highest BCUT2D eigenvalue weighted by Gasteiger charge is 2.28. The Morgan fingerprint density at radius 3 is 2.81 bits per heavy atom. The van der Waals surface area contributed by atoms with Gasteiger partial charge < -0.3 is 14.6 Å². The molecule has 2 aromatic rings. The zero-order chi connectivity index (χ0) is 19.4. The first-order chi connectivity index (χ1) is 12.9. The number of aromatic amines is 1. The van der Waals surface area contributed by atoms with Crippen molar-refractivity contribution in [3.05, 3.63) is 40.7 Å². The molecule has 27 heavy (non-hydrogen) atoms. The van der Waals surface area contributed by atoms with Crippen molar-refractivity contribution in [2.24, 2.45) is 11.8 Å². The van der Waals surface area contributed by atoms with E-state index in [1.807, 2.05) is 30.1 Å². The molecule has 0 aliphatic heterocycles. The Bertz CT molecular complexity index is 845. The molecule has 1 heterocycles. The lowest BCUT2D eigenvalue weighted by Gasteiger charge is -2.36. The van der Waals surface area contributed by atoms with Crippen LogP contribution in [0, 0.1) is 11.8 Å². The van der Waals surface area contributed by atoms with Crippen molar-refractivity contribution in [1.82, 2.24) is 9.88 Å². The largest absolute Gasteiger partial charge is 0.493 e. The normalized spacial score (nSPS) is 21.0. The summed E-state index contributed by atoms with van der Waals surface area (Å²) in [5, 5.41) is 0.932. The Morgan fingerprint density at radius 2 is 2.04 bits per heavy atom. The maximum absolute atomic E-state index is 12.7. The van der Waals surface area contributed by atoms with Gasteiger partial charge in [0, 0.05) is 36.5 Å². The summed E-state index contributed by atoms with van der Waals surface area (Å²) in [6.07, 6.45) is 5.34. The zero-order valence-corrected chi connectivity index (χ0v) is 16.5. The predicted octanol–water partition coefficient (Wildman–Crippen LogP) is 3.97. The molecular weight excluding hydrogens is 340 g/mol. The fourth-order valence-corrected chi connectivity index (χ4v) is 4.02. The molecule has 5 nitrogen and oxygen atoms in total. The minimum atomic E-state index is -0.111. The number of H-pyrrole nitrogens is 1. The van der Waals surface area contributed by atoms with E-state index in [0.29, 0.717) is 25.0 Å². The van der Waals surface area contributed by atoms with Crippen LogP contribution in [0.15, 0.2) is 35.1 Å². The molecule has 3 unspecified atom stereocenters. The molecule has 1 aliphatic rings. The third kappa shape index (κ3) is 4.90. The SMILES string of the molecule is CC(COc1ccc2[nH]c(=O)ccc2c1)CC(=O)N(C)C1CCCCC1C. The lowest BCUT2D eigenvalue weighted by Crippen LogP contribution is -2.43. The average Bonchev–Trinajstić information content (AvgIpc) is 2.66. The van der Waals surface area contributed by atoms with Crippen molar-refractivity contribution in [3.8, 4) is 5.75 Å². The van der Waals surface area contributed by atoms with Gasteiger partial charge in [-0.3, -0.25) is 9.59 Å². The van der Waals surface area contributed by atoms with E-state index < -0.39 is 0 Å². The molecule has 3 rings (SSSR count). The lowest BCUT2D eigenvalue weighted by molar-refractivity contribution is -0.134. The van der Waals surface area contributed by atoms with Crippen LogP contribution in [-0.4, -0.2) is 35.5 Å². The topological polar surface area (TPSA) is 62.4 Å². The zero-order valence-electron chi connectivity index (χ0n) is 16.5. The van der Waals surface area contributed by atoms with Crippen LogP contribution in [-0.2, 0) is 4.79 Å².